The van der Waals surface area contributed by atoms with Gasteiger partial charge in [0.05, 0.1) is 17.9 Å². The molecule has 1 saturated carbocycles. The van der Waals surface area contributed by atoms with Crippen LogP contribution in [-0.2, 0) is 21.4 Å². The molecule has 1 heterocycles. The van der Waals surface area contributed by atoms with Gasteiger partial charge in [0.15, 0.2) is 0 Å². The highest BCUT2D eigenvalue weighted by atomic mass is 35.5. The predicted molar refractivity (Wildman–Crippen MR) is 138 cm³/mol. The Balaban J connectivity index is 1.54. The summed E-state index contributed by atoms with van der Waals surface area (Å²) in [6.07, 6.45) is 6.21. The van der Waals surface area contributed by atoms with E-state index in [-0.39, 0.29) is 17.3 Å². The number of anilines is 1. The van der Waals surface area contributed by atoms with Crippen molar-refractivity contribution in [3.8, 4) is 5.75 Å². The molecule has 3 atom stereocenters. The van der Waals surface area contributed by atoms with Crippen molar-refractivity contribution in [2.24, 2.45) is 11.8 Å². The van der Waals surface area contributed by atoms with Gasteiger partial charge in [-0.2, -0.15) is 0 Å². The van der Waals surface area contributed by atoms with Crippen LogP contribution in [0.15, 0.2) is 36.4 Å². The number of aldehydes is 1. The van der Waals surface area contributed by atoms with Crippen LogP contribution in [0.3, 0.4) is 0 Å². The summed E-state index contributed by atoms with van der Waals surface area (Å²) >= 11 is 6.34. The zero-order valence-electron chi connectivity index (χ0n) is 20.8. The van der Waals surface area contributed by atoms with Crippen molar-refractivity contribution in [1.82, 2.24) is 0 Å². The third-order valence-electron chi connectivity index (χ3n) is 7.78. The zero-order chi connectivity index (χ0) is 24.8. The Bertz CT molecular complexity index is 1140. The zero-order valence-corrected chi connectivity index (χ0v) is 21.6. The molecule has 2 aliphatic carbocycles. The second kappa shape index (κ2) is 9.16. The van der Waals surface area contributed by atoms with Gasteiger partial charge >= 0.3 is 5.97 Å². The van der Waals surface area contributed by atoms with Crippen molar-refractivity contribution in [2.75, 3.05) is 24.6 Å². The Kier molecular flexibility index (Phi) is 6.33. The van der Waals surface area contributed by atoms with Gasteiger partial charge in [-0.3, -0.25) is 0 Å². The molecule has 1 unspecified atom stereocenters. The average Bonchev–Trinajstić information content (AvgIpc) is 2.93. The maximum Gasteiger partial charge on any atom is 0.338 e. The number of carbonyl (C=O) groups excluding carboxylic acids is 2. The maximum atomic E-state index is 12.9. The van der Waals surface area contributed by atoms with Crippen LogP contribution in [0.2, 0.25) is 5.02 Å². The molecule has 2 aromatic carbocycles. The smallest absolute Gasteiger partial charge is 0.338 e. The van der Waals surface area contributed by atoms with E-state index in [1.165, 1.54) is 11.1 Å². The Hall–Kier alpha value is -2.53. The first kappa shape index (κ1) is 24.2. The van der Waals surface area contributed by atoms with E-state index >= 15 is 0 Å². The number of aryl methyl sites for hydroxylation is 1. The van der Waals surface area contributed by atoms with Gasteiger partial charge in [-0.25, -0.2) is 4.79 Å². The second-order valence-electron chi connectivity index (χ2n) is 11.4. The Morgan fingerprint density at radius 3 is 2.77 bits per heavy atom. The van der Waals surface area contributed by atoms with Crippen molar-refractivity contribution in [3.05, 3.63) is 58.1 Å². The highest BCUT2D eigenvalue weighted by Gasteiger charge is 2.43. The highest BCUT2D eigenvalue weighted by molar-refractivity contribution is 6.30. The Morgan fingerprint density at radius 2 is 2.06 bits per heavy atom. The van der Waals surface area contributed by atoms with Crippen molar-refractivity contribution in [1.29, 1.82) is 0 Å². The molecule has 0 radical (unpaired) electrons. The van der Waals surface area contributed by atoms with E-state index in [0.717, 1.165) is 67.9 Å². The van der Waals surface area contributed by atoms with E-state index in [0.29, 0.717) is 18.1 Å². The van der Waals surface area contributed by atoms with Gasteiger partial charge in [0.25, 0.3) is 0 Å². The molecule has 1 spiro atoms. The van der Waals surface area contributed by atoms with Gasteiger partial charge < -0.3 is 19.2 Å². The van der Waals surface area contributed by atoms with Crippen molar-refractivity contribution < 1.29 is 19.1 Å². The maximum absolute atomic E-state index is 12.9. The number of benzene rings is 2. The van der Waals surface area contributed by atoms with Gasteiger partial charge in [-0.15, -0.1) is 0 Å². The summed E-state index contributed by atoms with van der Waals surface area (Å²) < 4.78 is 12.1. The summed E-state index contributed by atoms with van der Waals surface area (Å²) in [5.41, 5.74) is 3.27. The van der Waals surface area contributed by atoms with Crippen LogP contribution < -0.4 is 9.64 Å². The van der Waals surface area contributed by atoms with Crippen LogP contribution in [0, 0.1) is 11.8 Å². The summed E-state index contributed by atoms with van der Waals surface area (Å²) in [6, 6.07) is 11.8. The largest absolute Gasteiger partial charge is 0.490 e. The standard InChI is InChI=1S/C29H34ClNO4/c1-28(2,3)35-27(33)20-8-11-26-25(14-20)31(15-21-6-7-22(21)16-32)17-29(18-34-26)12-4-5-19-13-23(30)9-10-24(19)29/h8-11,13-14,16,21-22H,4-7,12,15,17-18H2,1-3H3/t21-,22-,29?/m0/s1. The number of hydrogen-bond acceptors (Lipinski definition) is 5. The topological polar surface area (TPSA) is 55.8 Å². The number of nitrogens with zero attached hydrogens (tertiary/aromatic N) is 1. The van der Waals surface area contributed by atoms with Gasteiger partial charge in [0, 0.05) is 29.4 Å². The number of halogens is 1. The summed E-state index contributed by atoms with van der Waals surface area (Å²) in [4.78, 5) is 26.8. The van der Waals surface area contributed by atoms with E-state index in [4.69, 9.17) is 21.1 Å². The number of carbonyl (C=O) groups is 2. The van der Waals surface area contributed by atoms with Crippen LogP contribution in [0.5, 0.6) is 5.75 Å². The van der Waals surface area contributed by atoms with Gasteiger partial charge in [0.1, 0.15) is 17.6 Å². The molecule has 1 fully saturated rings. The molecule has 5 nitrogen and oxygen atoms in total. The van der Waals surface area contributed by atoms with Crippen molar-refractivity contribution in [2.45, 2.75) is 63.9 Å². The molecule has 3 aliphatic rings. The summed E-state index contributed by atoms with van der Waals surface area (Å²) in [5, 5.41) is 0.765. The first-order valence-electron chi connectivity index (χ1n) is 12.7. The fraction of sp³-hybridized carbons (Fsp3) is 0.517. The predicted octanol–water partition coefficient (Wildman–Crippen LogP) is 5.99. The minimum atomic E-state index is -0.569. The molecule has 0 saturated heterocycles. The lowest BCUT2D eigenvalue weighted by molar-refractivity contribution is -0.115. The Labute approximate surface area is 212 Å². The first-order valence-corrected chi connectivity index (χ1v) is 13.0. The number of ether oxygens (including phenoxy) is 2. The first-order chi connectivity index (χ1) is 16.7. The molecule has 0 aromatic heterocycles. The summed E-state index contributed by atoms with van der Waals surface area (Å²) in [7, 11) is 0. The molecule has 0 bridgehead atoms. The molecule has 5 rings (SSSR count). The van der Waals surface area contributed by atoms with E-state index < -0.39 is 5.60 Å². The van der Waals surface area contributed by atoms with Crippen LogP contribution in [0.25, 0.3) is 0 Å². The van der Waals surface area contributed by atoms with Crippen molar-refractivity contribution in [3.63, 3.8) is 0 Å². The third-order valence-corrected chi connectivity index (χ3v) is 8.01. The molecule has 186 valence electrons. The number of rotatable bonds is 4. The number of fused-ring (bicyclic) bond motifs is 3. The molecular weight excluding hydrogens is 462 g/mol. The van der Waals surface area contributed by atoms with Gasteiger partial charge in [-0.1, -0.05) is 17.7 Å². The number of esters is 1. The van der Waals surface area contributed by atoms with Crippen molar-refractivity contribution >= 4 is 29.5 Å². The lowest BCUT2D eigenvalue weighted by atomic mass is 9.69. The second-order valence-corrected chi connectivity index (χ2v) is 11.9. The molecule has 35 heavy (non-hydrogen) atoms. The van der Waals surface area contributed by atoms with Crippen LogP contribution in [0.1, 0.15) is 67.9 Å². The normalized spacial score (nSPS) is 25.5. The molecule has 0 N–H and O–H groups in total. The number of hydrogen-bond donors (Lipinski definition) is 0. The molecule has 2 aromatic rings. The summed E-state index contributed by atoms with van der Waals surface area (Å²) in [6.45, 7) is 7.72. The SMILES string of the molecule is CC(C)(C)OC(=O)c1ccc2c(c1)N(C[C@@H]1CC[C@H]1C=O)CC1(CCCc3cc(Cl)ccc31)CO2. The van der Waals surface area contributed by atoms with Crippen LogP contribution >= 0.6 is 11.6 Å². The Morgan fingerprint density at radius 1 is 1.23 bits per heavy atom. The van der Waals surface area contributed by atoms with E-state index in [1.54, 1.807) is 6.07 Å². The fourth-order valence-electron chi connectivity index (χ4n) is 5.86. The molecule has 1 aliphatic heterocycles. The molecular formula is C29H34ClNO4. The van der Waals surface area contributed by atoms with E-state index in [9.17, 15) is 9.59 Å². The lowest BCUT2D eigenvalue weighted by Gasteiger charge is -2.43. The fourth-order valence-corrected chi connectivity index (χ4v) is 6.06. The minimum absolute atomic E-state index is 0.102. The minimum Gasteiger partial charge on any atom is -0.490 e. The monoisotopic (exact) mass is 495 g/mol. The summed E-state index contributed by atoms with van der Waals surface area (Å²) in [5.74, 6) is 0.850. The quantitative estimate of drug-likeness (QED) is 0.385. The molecule has 6 heteroatoms. The van der Waals surface area contributed by atoms with Crippen LogP contribution in [-0.4, -0.2) is 37.6 Å². The van der Waals surface area contributed by atoms with Gasteiger partial charge in [0.2, 0.25) is 0 Å². The highest BCUT2D eigenvalue weighted by Crippen LogP contribution is 2.46. The third kappa shape index (κ3) is 4.80. The average molecular weight is 496 g/mol. The van der Waals surface area contributed by atoms with Crippen LogP contribution in [0.4, 0.5) is 5.69 Å². The lowest BCUT2D eigenvalue weighted by Crippen LogP contribution is -2.48. The van der Waals surface area contributed by atoms with E-state index in [2.05, 4.69) is 17.0 Å². The van der Waals surface area contributed by atoms with E-state index in [1.807, 2.05) is 39.0 Å². The molecule has 0 amide bonds. The van der Waals surface area contributed by atoms with Gasteiger partial charge in [-0.05, 0) is 100 Å².